The molecule has 0 bridgehead atoms. The van der Waals surface area contributed by atoms with E-state index in [1.807, 2.05) is 7.05 Å². The fourth-order valence-corrected chi connectivity index (χ4v) is 0.607. The number of rotatable bonds is 5. The fraction of sp³-hybridized carbons (Fsp3) is 1.00. The van der Waals surface area contributed by atoms with Gasteiger partial charge in [0.1, 0.15) is 0 Å². The fourth-order valence-electron chi connectivity index (χ4n) is 0.607. The first-order chi connectivity index (χ1) is 4.74. The van der Waals surface area contributed by atoms with E-state index in [1.54, 1.807) is 19.3 Å². The van der Waals surface area contributed by atoms with Gasteiger partial charge in [0.25, 0.3) is 0 Å². The van der Waals surface area contributed by atoms with Crippen LogP contribution in [0, 0.1) is 0 Å². The topological polar surface area (TPSA) is 47.7 Å². The minimum absolute atomic E-state index is 0.0601. The zero-order valence-corrected chi connectivity index (χ0v) is 6.83. The lowest BCUT2D eigenvalue weighted by Gasteiger charge is -2.19. The van der Waals surface area contributed by atoms with Crippen LogP contribution in [0.5, 0.6) is 0 Å². The van der Waals surface area contributed by atoms with Gasteiger partial charge in [0.05, 0.1) is 19.8 Å². The molecular weight excluding hydrogens is 132 g/mol. The number of likely N-dealkylation sites (N-methyl/N-ethyl adjacent to an activating group) is 1. The van der Waals surface area contributed by atoms with Crippen LogP contribution in [0.15, 0.2) is 0 Å². The normalized spacial score (nSPS) is 14.1. The van der Waals surface area contributed by atoms with Gasteiger partial charge in [-0.15, -0.1) is 0 Å². The molecule has 0 aromatic heterocycles. The summed E-state index contributed by atoms with van der Waals surface area (Å²) in [5.41, 5.74) is 5.38. The monoisotopic (exact) mass is 148 g/mol. The van der Waals surface area contributed by atoms with Gasteiger partial charge in [-0.3, -0.25) is 0 Å². The van der Waals surface area contributed by atoms with Gasteiger partial charge >= 0.3 is 0 Å². The average molecular weight is 148 g/mol. The quantitative estimate of drug-likeness (QED) is 0.532. The summed E-state index contributed by atoms with van der Waals surface area (Å²) in [4.78, 5) is 4.88. The van der Waals surface area contributed by atoms with Gasteiger partial charge in [0.2, 0.25) is 0 Å². The Kier molecular flexibility index (Phi) is 5.52. The third-order valence-corrected chi connectivity index (χ3v) is 1.37. The lowest BCUT2D eigenvalue weighted by Crippen LogP contribution is -2.34. The van der Waals surface area contributed by atoms with Crippen molar-refractivity contribution in [3.8, 4) is 0 Å². The summed E-state index contributed by atoms with van der Waals surface area (Å²) in [6.07, 6.45) is 0.0601. The van der Waals surface area contributed by atoms with Crippen LogP contribution < -0.4 is 5.73 Å². The molecule has 0 aliphatic rings. The Hall–Kier alpha value is -0.160. The van der Waals surface area contributed by atoms with Gasteiger partial charge in [-0.2, -0.15) is 5.06 Å². The molecule has 1 unspecified atom stereocenters. The van der Waals surface area contributed by atoms with Crippen LogP contribution in [0.4, 0.5) is 0 Å². The molecular formula is C6H16N2O2. The van der Waals surface area contributed by atoms with Crippen LogP contribution in [0.25, 0.3) is 0 Å². The molecule has 0 saturated heterocycles. The van der Waals surface area contributed by atoms with Crippen LogP contribution in [0.3, 0.4) is 0 Å². The molecule has 0 aromatic carbocycles. The lowest BCUT2D eigenvalue weighted by molar-refractivity contribution is -0.130. The molecule has 0 aliphatic carbocycles. The summed E-state index contributed by atoms with van der Waals surface area (Å²) in [6, 6.07) is 0. The largest absolute Gasteiger partial charge is 0.379 e. The Balaban J connectivity index is 3.41. The van der Waals surface area contributed by atoms with E-state index < -0.39 is 0 Å². The number of nitrogens with zero attached hydrogens (tertiary/aromatic N) is 1. The molecule has 10 heavy (non-hydrogen) atoms. The van der Waals surface area contributed by atoms with Crippen molar-refractivity contribution in [2.75, 3.05) is 34.4 Å². The van der Waals surface area contributed by atoms with E-state index in [-0.39, 0.29) is 6.10 Å². The molecule has 0 amide bonds. The van der Waals surface area contributed by atoms with Gasteiger partial charge in [-0.25, -0.2) is 0 Å². The predicted octanol–water partition coefficient (Wildman–Crippen LogP) is -0.547. The molecule has 4 nitrogen and oxygen atoms in total. The molecule has 4 heteroatoms. The molecule has 0 rings (SSSR count). The highest BCUT2D eigenvalue weighted by Crippen LogP contribution is 1.90. The molecule has 1 atom stereocenters. The van der Waals surface area contributed by atoms with Gasteiger partial charge in [-0.1, -0.05) is 0 Å². The molecule has 0 saturated carbocycles. The SMILES string of the molecule is COC(CN)CN(C)OC. The van der Waals surface area contributed by atoms with Crippen LogP contribution in [-0.2, 0) is 9.57 Å². The van der Waals surface area contributed by atoms with E-state index in [0.29, 0.717) is 13.1 Å². The van der Waals surface area contributed by atoms with E-state index in [4.69, 9.17) is 15.3 Å². The summed E-state index contributed by atoms with van der Waals surface area (Å²) >= 11 is 0. The number of ether oxygens (including phenoxy) is 1. The zero-order chi connectivity index (χ0) is 7.98. The Morgan fingerprint density at radius 2 is 2.10 bits per heavy atom. The van der Waals surface area contributed by atoms with Crippen molar-refractivity contribution in [3.63, 3.8) is 0 Å². The molecule has 0 aromatic rings. The highest BCUT2D eigenvalue weighted by molar-refractivity contribution is 4.58. The smallest absolute Gasteiger partial charge is 0.0843 e. The first-order valence-corrected chi connectivity index (χ1v) is 3.22. The van der Waals surface area contributed by atoms with E-state index in [9.17, 15) is 0 Å². The van der Waals surface area contributed by atoms with Crippen molar-refractivity contribution in [2.45, 2.75) is 6.10 Å². The summed E-state index contributed by atoms with van der Waals surface area (Å²) in [5, 5.41) is 1.68. The highest BCUT2D eigenvalue weighted by atomic mass is 16.7. The van der Waals surface area contributed by atoms with Crippen molar-refractivity contribution < 1.29 is 9.57 Å². The Bertz CT molecular complexity index is 76.1. The van der Waals surface area contributed by atoms with Gasteiger partial charge in [0, 0.05) is 20.7 Å². The van der Waals surface area contributed by atoms with Crippen LogP contribution in [0.2, 0.25) is 0 Å². The van der Waals surface area contributed by atoms with Crippen LogP contribution in [-0.4, -0.2) is 45.5 Å². The third kappa shape index (κ3) is 3.79. The standard InChI is InChI=1S/C6H16N2O2/c1-8(10-3)5-6(4-7)9-2/h6H,4-5,7H2,1-3H3. The second kappa shape index (κ2) is 5.61. The average Bonchev–Trinajstić information content (AvgIpc) is 1.99. The van der Waals surface area contributed by atoms with E-state index in [2.05, 4.69) is 0 Å². The van der Waals surface area contributed by atoms with Gasteiger partial charge in [0.15, 0.2) is 0 Å². The second-order valence-electron chi connectivity index (χ2n) is 2.09. The summed E-state index contributed by atoms with van der Waals surface area (Å²) in [5.74, 6) is 0. The minimum Gasteiger partial charge on any atom is -0.379 e. The van der Waals surface area contributed by atoms with Crippen molar-refractivity contribution in [3.05, 3.63) is 0 Å². The number of hydrogen-bond acceptors (Lipinski definition) is 4. The predicted molar refractivity (Wildman–Crippen MR) is 39.5 cm³/mol. The molecule has 62 valence electrons. The highest BCUT2D eigenvalue weighted by Gasteiger charge is 2.06. The van der Waals surface area contributed by atoms with Crippen LogP contribution in [0.1, 0.15) is 0 Å². The van der Waals surface area contributed by atoms with E-state index >= 15 is 0 Å². The van der Waals surface area contributed by atoms with Gasteiger partial charge < -0.3 is 15.3 Å². The first kappa shape index (κ1) is 9.84. The Morgan fingerprint density at radius 1 is 1.50 bits per heavy atom. The molecule has 0 spiro atoms. The molecule has 0 radical (unpaired) electrons. The van der Waals surface area contributed by atoms with Crippen LogP contribution >= 0.6 is 0 Å². The first-order valence-electron chi connectivity index (χ1n) is 3.22. The Morgan fingerprint density at radius 3 is 2.40 bits per heavy atom. The van der Waals surface area contributed by atoms with E-state index in [1.165, 1.54) is 0 Å². The summed E-state index contributed by atoms with van der Waals surface area (Å²) < 4.78 is 5.03. The van der Waals surface area contributed by atoms with Crippen molar-refractivity contribution in [2.24, 2.45) is 5.73 Å². The maximum atomic E-state index is 5.38. The molecule has 0 heterocycles. The zero-order valence-electron chi connectivity index (χ0n) is 6.83. The molecule has 0 fully saturated rings. The number of nitrogens with two attached hydrogens (primary N) is 1. The molecule has 2 N–H and O–H groups in total. The maximum absolute atomic E-state index is 5.38. The third-order valence-electron chi connectivity index (χ3n) is 1.37. The van der Waals surface area contributed by atoms with Crippen molar-refractivity contribution in [1.82, 2.24) is 5.06 Å². The Labute approximate surface area is 61.8 Å². The number of hydroxylamine groups is 2. The number of hydrogen-bond donors (Lipinski definition) is 1. The van der Waals surface area contributed by atoms with E-state index in [0.717, 1.165) is 0 Å². The second-order valence-corrected chi connectivity index (χ2v) is 2.09. The van der Waals surface area contributed by atoms with Gasteiger partial charge in [-0.05, 0) is 0 Å². The van der Waals surface area contributed by atoms with Crippen molar-refractivity contribution >= 4 is 0 Å². The summed E-state index contributed by atoms with van der Waals surface area (Å²) in [6.45, 7) is 1.22. The lowest BCUT2D eigenvalue weighted by atomic mass is 10.3. The summed E-state index contributed by atoms with van der Waals surface area (Å²) in [7, 11) is 5.09. The minimum atomic E-state index is 0.0601. The maximum Gasteiger partial charge on any atom is 0.0843 e. The number of methoxy groups -OCH3 is 1. The van der Waals surface area contributed by atoms with Crippen molar-refractivity contribution in [1.29, 1.82) is 0 Å². The molecule has 0 aliphatic heterocycles.